The number of aryl methyl sites for hydroxylation is 2. The van der Waals surface area contributed by atoms with Crippen LogP contribution < -0.4 is 9.47 Å². The van der Waals surface area contributed by atoms with Crippen LogP contribution in [-0.2, 0) is 6.42 Å². The smallest absolute Gasteiger partial charge is 0.273 e. The van der Waals surface area contributed by atoms with Crippen molar-refractivity contribution in [2.75, 3.05) is 20.3 Å². The van der Waals surface area contributed by atoms with E-state index >= 15 is 0 Å². The molecule has 0 aliphatic carbocycles. The van der Waals surface area contributed by atoms with Crippen molar-refractivity contribution in [3.05, 3.63) is 94.2 Å². The van der Waals surface area contributed by atoms with Gasteiger partial charge in [0.2, 0.25) is 0 Å². The molecule has 2 N–H and O–H groups in total. The van der Waals surface area contributed by atoms with Crippen molar-refractivity contribution in [2.24, 2.45) is 0 Å². The van der Waals surface area contributed by atoms with Gasteiger partial charge in [-0.3, -0.25) is 9.89 Å². The van der Waals surface area contributed by atoms with Gasteiger partial charge in [-0.15, -0.1) is 0 Å². The van der Waals surface area contributed by atoms with Crippen molar-refractivity contribution in [1.29, 1.82) is 0 Å². The summed E-state index contributed by atoms with van der Waals surface area (Å²) in [6.07, 6.45) is 0.686. The zero-order valence-corrected chi connectivity index (χ0v) is 21.5. The molecule has 1 aliphatic rings. The van der Waals surface area contributed by atoms with E-state index in [0.717, 1.165) is 39.3 Å². The Hall–Kier alpha value is -4.26. The molecule has 1 aromatic heterocycles. The lowest BCUT2D eigenvalue weighted by Gasteiger charge is -2.27. The largest absolute Gasteiger partial charge is 0.507 e. The molecule has 1 aliphatic heterocycles. The second-order valence-electron chi connectivity index (χ2n) is 9.34. The van der Waals surface area contributed by atoms with Crippen LogP contribution in [0.15, 0.2) is 60.7 Å². The summed E-state index contributed by atoms with van der Waals surface area (Å²) < 4.78 is 10.9. The maximum absolute atomic E-state index is 13.7. The molecule has 0 spiro atoms. The molecule has 1 unspecified atom stereocenters. The van der Waals surface area contributed by atoms with Crippen molar-refractivity contribution in [2.45, 2.75) is 33.2 Å². The van der Waals surface area contributed by atoms with Gasteiger partial charge in [-0.1, -0.05) is 30.3 Å². The monoisotopic (exact) mass is 497 g/mol. The molecule has 7 nitrogen and oxygen atoms in total. The predicted molar refractivity (Wildman–Crippen MR) is 142 cm³/mol. The maximum atomic E-state index is 13.7. The maximum Gasteiger partial charge on any atom is 0.273 e. The molecule has 7 heteroatoms. The van der Waals surface area contributed by atoms with E-state index in [1.165, 1.54) is 0 Å². The molecule has 2 heterocycles. The van der Waals surface area contributed by atoms with Gasteiger partial charge in [0.05, 0.1) is 19.8 Å². The molecule has 4 aromatic rings. The topological polar surface area (TPSA) is 87.7 Å². The van der Waals surface area contributed by atoms with Gasteiger partial charge in [0.25, 0.3) is 5.91 Å². The molecule has 0 saturated carbocycles. The number of nitrogens with one attached hydrogen (secondary N) is 1. The SMILES string of the molecule is CCOc1ccc(C2c3c(-c4c(C)cc(C)cc4O)n[nH]c3C(=O)N2CCc2ccc(OC)cc2)cc1. The van der Waals surface area contributed by atoms with E-state index in [0.29, 0.717) is 36.5 Å². The third-order valence-corrected chi connectivity index (χ3v) is 6.87. The number of hydrogen-bond donors (Lipinski definition) is 2. The Kier molecular flexibility index (Phi) is 6.61. The van der Waals surface area contributed by atoms with Crippen LogP contribution in [0, 0.1) is 13.8 Å². The number of carbonyl (C=O) groups excluding carboxylic acids is 1. The Bertz CT molecular complexity index is 1400. The second-order valence-corrected chi connectivity index (χ2v) is 9.34. The Morgan fingerprint density at radius 1 is 1.03 bits per heavy atom. The first-order chi connectivity index (χ1) is 17.9. The number of H-pyrrole nitrogens is 1. The molecule has 0 radical (unpaired) electrons. The van der Waals surface area contributed by atoms with Crippen molar-refractivity contribution >= 4 is 5.91 Å². The van der Waals surface area contributed by atoms with E-state index in [9.17, 15) is 9.90 Å². The van der Waals surface area contributed by atoms with Gasteiger partial charge in [-0.05, 0) is 79.8 Å². The highest BCUT2D eigenvalue weighted by atomic mass is 16.5. The lowest BCUT2D eigenvalue weighted by Crippen LogP contribution is -2.31. The fourth-order valence-corrected chi connectivity index (χ4v) is 5.17. The van der Waals surface area contributed by atoms with Crippen molar-refractivity contribution in [3.8, 4) is 28.5 Å². The molecule has 1 atom stereocenters. The van der Waals surface area contributed by atoms with Gasteiger partial charge in [-0.2, -0.15) is 5.10 Å². The Labute approximate surface area is 216 Å². The first kappa shape index (κ1) is 24.4. The first-order valence-electron chi connectivity index (χ1n) is 12.5. The van der Waals surface area contributed by atoms with E-state index in [-0.39, 0.29) is 17.7 Å². The first-order valence-corrected chi connectivity index (χ1v) is 12.5. The number of phenolic OH excluding ortho intramolecular Hbond substituents is 1. The predicted octanol–water partition coefficient (Wildman–Crippen LogP) is 5.59. The van der Waals surface area contributed by atoms with Gasteiger partial charge in [0.1, 0.15) is 28.6 Å². The van der Waals surface area contributed by atoms with E-state index in [2.05, 4.69) is 10.2 Å². The lowest BCUT2D eigenvalue weighted by molar-refractivity contribution is 0.0746. The summed E-state index contributed by atoms with van der Waals surface area (Å²) in [5.74, 6) is 1.62. The van der Waals surface area contributed by atoms with Crippen LogP contribution in [-0.4, -0.2) is 46.4 Å². The van der Waals surface area contributed by atoms with E-state index in [1.54, 1.807) is 13.2 Å². The summed E-state index contributed by atoms with van der Waals surface area (Å²) in [7, 11) is 1.65. The van der Waals surface area contributed by atoms with E-state index in [4.69, 9.17) is 9.47 Å². The molecule has 0 saturated heterocycles. The van der Waals surface area contributed by atoms with Gasteiger partial charge in [0.15, 0.2) is 0 Å². The zero-order valence-electron chi connectivity index (χ0n) is 21.5. The highest BCUT2D eigenvalue weighted by molar-refractivity contribution is 6.00. The number of phenols is 1. The van der Waals surface area contributed by atoms with Crippen molar-refractivity contribution in [1.82, 2.24) is 15.1 Å². The Balaban J connectivity index is 1.57. The molecule has 3 aromatic carbocycles. The summed E-state index contributed by atoms with van der Waals surface area (Å²) in [6.45, 7) is 6.94. The van der Waals surface area contributed by atoms with Crippen LogP contribution in [0.1, 0.15) is 51.3 Å². The van der Waals surface area contributed by atoms with Gasteiger partial charge < -0.3 is 19.5 Å². The summed E-state index contributed by atoms with van der Waals surface area (Å²) >= 11 is 0. The number of aromatic hydroxyl groups is 1. The average Bonchev–Trinajstić information content (AvgIpc) is 3.42. The number of nitrogens with zero attached hydrogens (tertiary/aromatic N) is 2. The van der Waals surface area contributed by atoms with Crippen LogP contribution in [0.3, 0.4) is 0 Å². The Morgan fingerprint density at radius 2 is 1.73 bits per heavy atom. The quantitative estimate of drug-likeness (QED) is 0.331. The standard InChI is InChI=1S/C30H31N3O4/c1-5-37-23-12-8-21(9-13-23)29-26-27(25-19(3)16-18(2)17-24(25)34)31-32-28(26)30(35)33(29)15-14-20-6-10-22(36-4)11-7-20/h6-13,16-17,29,34H,5,14-15H2,1-4H3,(H,31,32). The number of aromatic nitrogens is 2. The third kappa shape index (κ3) is 4.53. The van der Waals surface area contributed by atoms with E-state index in [1.807, 2.05) is 80.3 Å². The van der Waals surface area contributed by atoms with Gasteiger partial charge in [-0.25, -0.2) is 0 Å². The van der Waals surface area contributed by atoms with Crippen LogP contribution >= 0.6 is 0 Å². The van der Waals surface area contributed by atoms with Crippen molar-refractivity contribution < 1.29 is 19.4 Å². The average molecular weight is 498 g/mol. The number of rotatable bonds is 8. The van der Waals surface area contributed by atoms with Crippen molar-refractivity contribution in [3.63, 3.8) is 0 Å². The molecule has 37 heavy (non-hydrogen) atoms. The Morgan fingerprint density at radius 3 is 2.38 bits per heavy atom. The number of amides is 1. The van der Waals surface area contributed by atoms with Crippen LogP contribution in [0.2, 0.25) is 0 Å². The number of benzene rings is 3. The number of hydrogen-bond acceptors (Lipinski definition) is 5. The fraction of sp³-hybridized carbons (Fsp3) is 0.267. The van der Waals surface area contributed by atoms with E-state index < -0.39 is 0 Å². The summed E-state index contributed by atoms with van der Waals surface area (Å²) in [5, 5.41) is 18.4. The molecule has 0 bridgehead atoms. The summed E-state index contributed by atoms with van der Waals surface area (Å²) in [5.41, 5.74) is 6.42. The van der Waals surface area contributed by atoms with Crippen LogP contribution in [0.25, 0.3) is 11.3 Å². The fourth-order valence-electron chi connectivity index (χ4n) is 5.17. The molecular weight excluding hydrogens is 466 g/mol. The summed E-state index contributed by atoms with van der Waals surface area (Å²) in [6, 6.07) is 19.1. The number of ether oxygens (including phenoxy) is 2. The number of aromatic amines is 1. The van der Waals surface area contributed by atoms with Gasteiger partial charge in [0, 0.05) is 17.7 Å². The highest BCUT2D eigenvalue weighted by Gasteiger charge is 2.42. The van der Waals surface area contributed by atoms with Gasteiger partial charge >= 0.3 is 0 Å². The molecule has 190 valence electrons. The number of carbonyl (C=O) groups is 1. The summed E-state index contributed by atoms with van der Waals surface area (Å²) in [4.78, 5) is 15.6. The molecule has 0 fully saturated rings. The van der Waals surface area contributed by atoms with Crippen LogP contribution in [0.5, 0.6) is 17.2 Å². The number of fused-ring (bicyclic) bond motifs is 1. The lowest BCUT2D eigenvalue weighted by atomic mass is 9.93. The van der Waals surface area contributed by atoms with Crippen LogP contribution in [0.4, 0.5) is 0 Å². The zero-order chi connectivity index (χ0) is 26.1. The minimum atomic E-state index is -0.356. The number of methoxy groups -OCH3 is 1. The molecular formula is C30H31N3O4. The highest BCUT2D eigenvalue weighted by Crippen LogP contribution is 2.45. The minimum Gasteiger partial charge on any atom is -0.507 e. The third-order valence-electron chi connectivity index (χ3n) is 6.87. The molecule has 5 rings (SSSR count). The molecule has 1 amide bonds. The normalized spacial score (nSPS) is 14.6. The minimum absolute atomic E-state index is 0.106. The second kappa shape index (κ2) is 10.0.